The summed E-state index contributed by atoms with van der Waals surface area (Å²) in [5.74, 6) is -0.154. The van der Waals surface area contributed by atoms with Gasteiger partial charge in [-0.25, -0.2) is 0 Å². The maximum Gasteiger partial charge on any atom is 0.255 e. The zero-order chi connectivity index (χ0) is 24.2. The first-order chi connectivity index (χ1) is 17.1. The Kier molecular flexibility index (Phi) is 6.18. The minimum atomic E-state index is -0.308. The highest BCUT2D eigenvalue weighted by molar-refractivity contribution is 5.96. The van der Waals surface area contributed by atoms with Crippen LogP contribution in [-0.2, 0) is 0 Å². The van der Waals surface area contributed by atoms with Gasteiger partial charge in [0.1, 0.15) is 11.5 Å². The quantitative estimate of drug-likeness (QED) is 0.253. The summed E-state index contributed by atoms with van der Waals surface area (Å²) in [4.78, 5) is 12.7. The van der Waals surface area contributed by atoms with E-state index in [0.717, 1.165) is 33.2 Å². The van der Waals surface area contributed by atoms with Crippen molar-refractivity contribution in [2.75, 3.05) is 6.54 Å². The molecule has 6 nitrogen and oxygen atoms in total. The molecule has 5 rings (SSSR count). The first-order valence-corrected chi connectivity index (χ1v) is 11.5. The van der Waals surface area contributed by atoms with Crippen LogP contribution in [0, 0.1) is 0 Å². The number of nitrogens with zero attached hydrogens (tertiary/aromatic N) is 1. The zero-order valence-corrected chi connectivity index (χ0v) is 19.0. The molecule has 1 unspecified atom stereocenters. The largest absolute Gasteiger partial charge is 0.508 e. The lowest BCUT2D eigenvalue weighted by molar-refractivity contribution is 0.0950. The number of benzene rings is 4. The highest BCUT2D eigenvalue weighted by atomic mass is 16.3. The van der Waals surface area contributed by atoms with Crippen LogP contribution in [0.4, 0.5) is 0 Å². The molecule has 174 valence electrons. The number of hydrogen-bond donors (Lipinski definition) is 4. The standard InChI is InChI=1S/C29H25N3O3/c33-22-10-6-9-20(15-22)21-16-25(26-18-31-32-27(26)17-21)23(19-7-2-1-3-8-19)13-14-30-29(35)24-11-4-5-12-28(24)34/h1-12,15-18,23,33-34H,13-14H2,(H,30,35)(H,31,32). The number of carbonyl (C=O) groups is 1. The average Bonchev–Trinajstić information content (AvgIpc) is 3.36. The number of nitrogens with one attached hydrogen (secondary N) is 2. The van der Waals surface area contributed by atoms with Crippen molar-refractivity contribution in [1.82, 2.24) is 15.5 Å². The van der Waals surface area contributed by atoms with Crippen molar-refractivity contribution in [2.45, 2.75) is 12.3 Å². The predicted octanol–water partition coefficient (Wildman–Crippen LogP) is 5.59. The van der Waals surface area contributed by atoms with Crippen LogP contribution in [0.3, 0.4) is 0 Å². The number of phenolic OH excluding ortho intramolecular Hbond substituents is 2. The molecule has 4 aromatic carbocycles. The van der Waals surface area contributed by atoms with Crippen LogP contribution < -0.4 is 5.32 Å². The zero-order valence-electron chi connectivity index (χ0n) is 19.0. The van der Waals surface area contributed by atoms with Crippen LogP contribution in [0.25, 0.3) is 22.0 Å². The van der Waals surface area contributed by atoms with Crippen LogP contribution in [0.2, 0.25) is 0 Å². The third-order valence-corrected chi connectivity index (χ3v) is 6.21. The molecule has 0 bridgehead atoms. The van der Waals surface area contributed by atoms with Crippen molar-refractivity contribution in [3.63, 3.8) is 0 Å². The fraction of sp³-hybridized carbons (Fsp3) is 0.103. The Morgan fingerprint density at radius 2 is 1.69 bits per heavy atom. The van der Waals surface area contributed by atoms with E-state index in [1.807, 2.05) is 42.6 Å². The van der Waals surface area contributed by atoms with E-state index in [4.69, 9.17) is 0 Å². The highest BCUT2D eigenvalue weighted by Gasteiger charge is 2.20. The Labute approximate surface area is 202 Å². The van der Waals surface area contributed by atoms with Gasteiger partial charge in [0.25, 0.3) is 5.91 Å². The monoisotopic (exact) mass is 463 g/mol. The maximum atomic E-state index is 12.7. The van der Waals surface area contributed by atoms with Crippen LogP contribution in [0.15, 0.2) is 97.2 Å². The van der Waals surface area contributed by atoms with E-state index < -0.39 is 0 Å². The molecule has 1 heterocycles. The van der Waals surface area contributed by atoms with E-state index >= 15 is 0 Å². The second kappa shape index (κ2) is 9.73. The number of rotatable bonds is 7. The summed E-state index contributed by atoms with van der Waals surface area (Å²) in [7, 11) is 0. The van der Waals surface area contributed by atoms with Gasteiger partial charge in [0.15, 0.2) is 0 Å². The molecule has 1 amide bonds. The summed E-state index contributed by atoms with van der Waals surface area (Å²) >= 11 is 0. The molecule has 6 heteroatoms. The van der Waals surface area contributed by atoms with Gasteiger partial charge in [-0.05, 0) is 65.1 Å². The number of aromatic nitrogens is 2. The van der Waals surface area contributed by atoms with Crippen molar-refractivity contribution in [1.29, 1.82) is 0 Å². The molecule has 4 N–H and O–H groups in total. The van der Waals surface area contributed by atoms with Gasteiger partial charge in [-0.2, -0.15) is 5.10 Å². The van der Waals surface area contributed by atoms with Crippen molar-refractivity contribution in [3.8, 4) is 22.6 Å². The van der Waals surface area contributed by atoms with Crippen LogP contribution in [0.5, 0.6) is 11.5 Å². The van der Waals surface area contributed by atoms with Crippen molar-refractivity contribution < 1.29 is 15.0 Å². The first-order valence-electron chi connectivity index (χ1n) is 11.5. The number of para-hydroxylation sites is 1. The van der Waals surface area contributed by atoms with Gasteiger partial charge in [-0.3, -0.25) is 9.89 Å². The van der Waals surface area contributed by atoms with Crippen LogP contribution in [-0.4, -0.2) is 32.9 Å². The molecule has 0 spiro atoms. The fourth-order valence-electron chi connectivity index (χ4n) is 4.50. The van der Waals surface area contributed by atoms with E-state index in [9.17, 15) is 15.0 Å². The molecule has 5 aromatic rings. The van der Waals surface area contributed by atoms with Gasteiger partial charge < -0.3 is 15.5 Å². The second-order valence-corrected chi connectivity index (χ2v) is 8.47. The fourth-order valence-corrected chi connectivity index (χ4v) is 4.50. The molecule has 0 aliphatic carbocycles. The third kappa shape index (κ3) is 4.73. The highest BCUT2D eigenvalue weighted by Crippen LogP contribution is 2.36. The Balaban J connectivity index is 1.50. The van der Waals surface area contributed by atoms with Crippen LogP contribution >= 0.6 is 0 Å². The van der Waals surface area contributed by atoms with Gasteiger partial charge in [0.05, 0.1) is 17.3 Å². The van der Waals surface area contributed by atoms with Gasteiger partial charge in [0.2, 0.25) is 0 Å². The molecule has 0 radical (unpaired) electrons. The minimum absolute atomic E-state index is 0.0155. The van der Waals surface area contributed by atoms with Crippen molar-refractivity contribution in [2.24, 2.45) is 0 Å². The summed E-state index contributed by atoms with van der Waals surface area (Å²) in [6.45, 7) is 0.419. The van der Waals surface area contributed by atoms with Crippen LogP contribution in [0.1, 0.15) is 33.8 Å². The lowest BCUT2D eigenvalue weighted by Crippen LogP contribution is -2.26. The molecule has 0 fully saturated rings. The molecular formula is C29H25N3O3. The first kappa shape index (κ1) is 22.2. The van der Waals surface area contributed by atoms with E-state index in [2.05, 4.69) is 33.7 Å². The van der Waals surface area contributed by atoms with E-state index in [1.54, 1.807) is 30.3 Å². The Hall–Kier alpha value is -4.58. The number of phenols is 2. The third-order valence-electron chi connectivity index (χ3n) is 6.21. The number of fused-ring (bicyclic) bond motifs is 1. The lowest BCUT2D eigenvalue weighted by Gasteiger charge is -2.21. The summed E-state index contributed by atoms with van der Waals surface area (Å²) in [5, 5.41) is 31.3. The Bertz CT molecular complexity index is 1480. The Morgan fingerprint density at radius 3 is 2.49 bits per heavy atom. The predicted molar refractivity (Wildman–Crippen MR) is 137 cm³/mol. The van der Waals surface area contributed by atoms with Gasteiger partial charge in [0, 0.05) is 17.8 Å². The average molecular weight is 464 g/mol. The maximum absolute atomic E-state index is 12.7. The lowest BCUT2D eigenvalue weighted by atomic mass is 9.85. The number of carbonyl (C=O) groups excluding carboxylic acids is 1. The topological polar surface area (TPSA) is 98.2 Å². The van der Waals surface area contributed by atoms with E-state index in [-0.39, 0.29) is 28.9 Å². The summed E-state index contributed by atoms with van der Waals surface area (Å²) in [6, 6.07) is 28.0. The molecule has 0 aliphatic heterocycles. The molecule has 0 saturated heterocycles. The number of H-pyrrole nitrogens is 1. The van der Waals surface area contributed by atoms with Gasteiger partial charge >= 0.3 is 0 Å². The van der Waals surface area contributed by atoms with E-state index in [1.165, 1.54) is 6.07 Å². The minimum Gasteiger partial charge on any atom is -0.508 e. The number of aromatic hydroxyl groups is 2. The second-order valence-electron chi connectivity index (χ2n) is 8.47. The van der Waals surface area contributed by atoms with E-state index in [0.29, 0.717) is 13.0 Å². The summed E-state index contributed by atoms with van der Waals surface area (Å²) < 4.78 is 0. The molecule has 1 atom stereocenters. The SMILES string of the molecule is O=C(NCCC(c1ccccc1)c1cc(-c2cccc(O)c2)cc2[nH]ncc12)c1ccccc1O. The summed E-state index contributed by atoms with van der Waals surface area (Å²) in [5.41, 5.74) is 5.23. The Morgan fingerprint density at radius 1 is 0.886 bits per heavy atom. The van der Waals surface area contributed by atoms with Gasteiger partial charge in [-0.1, -0.05) is 54.6 Å². The van der Waals surface area contributed by atoms with Gasteiger partial charge in [-0.15, -0.1) is 0 Å². The molecule has 0 aliphatic rings. The molecular weight excluding hydrogens is 438 g/mol. The molecule has 0 saturated carbocycles. The number of hydrogen-bond acceptors (Lipinski definition) is 4. The van der Waals surface area contributed by atoms with Crippen molar-refractivity contribution >= 4 is 16.8 Å². The normalized spacial score (nSPS) is 11.9. The molecule has 35 heavy (non-hydrogen) atoms. The molecule has 1 aromatic heterocycles. The van der Waals surface area contributed by atoms with Crippen molar-refractivity contribution in [3.05, 3.63) is 114 Å². The smallest absolute Gasteiger partial charge is 0.255 e. The number of aromatic amines is 1. The number of amides is 1. The summed E-state index contributed by atoms with van der Waals surface area (Å²) in [6.07, 6.45) is 2.47.